The summed E-state index contributed by atoms with van der Waals surface area (Å²) in [5.74, 6) is -0.0935. The molecule has 2 aromatic carbocycles. The number of amides is 1. The van der Waals surface area contributed by atoms with Crippen molar-refractivity contribution in [3.63, 3.8) is 0 Å². The van der Waals surface area contributed by atoms with E-state index >= 15 is 0 Å². The molecule has 0 aliphatic rings. The molecule has 2 N–H and O–H groups in total. The molecule has 1 aromatic heterocycles. The third-order valence-electron chi connectivity index (χ3n) is 3.20. The standard InChI is InChI=1S/C16H13ClN2OS/c1-18-16(20)10-5-2-3-8-13(10)21-14-9-19-12-7-4-6-11(17)15(12)14/h2-9,19H,1H3,(H,18,20). The van der Waals surface area contributed by atoms with E-state index in [9.17, 15) is 4.79 Å². The van der Waals surface area contributed by atoms with Gasteiger partial charge in [-0.05, 0) is 24.3 Å². The van der Waals surface area contributed by atoms with Crippen molar-refractivity contribution in [2.75, 3.05) is 7.05 Å². The van der Waals surface area contributed by atoms with Crippen LogP contribution >= 0.6 is 23.4 Å². The minimum Gasteiger partial charge on any atom is -0.360 e. The number of hydrogen-bond donors (Lipinski definition) is 2. The molecule has 21 heavy (non-hydrogen) atoms. The molecular weight excluding hydrogens is 304 g/mol. The van der Waals surface area contributed by atoms with Crippen molar-refractivity contribution in [2.45, 2.75) is 9.79 Å². The van der Waals surface area contributed by atoms with Gasteiger partial charge in [-0.3, -0.25) is 4.79 Å². The van der Waals surface area contributed by atoms with Gasteiger partial charge in [-0.2, -0.15) is 0 Å². The Morgan fingerprint density at radius 1 is 1.14 bits per heavy atom. The molecule has 0 fully saturated rings. The van der Waals surface area contributed by atoms with Gasteiger partial charge >= 0.3 is 0 Å². The van der Waals surface area contributed by atoms with Gasteiger partial charge in [0.15, 0.2) is 0 Å². The first-order valence-electron chi connectivity index (χ1n) is 6.45. The Kier molecular flexibility index (Phi) is 3.90. The highest BCUT2D eigenvalue weighted by Crippen LogP contribution is 2.38. The second kappa shape index (κ2) is 5.84. The van der Waals surface area contributed by atoms with Crippen LogP contribution in [0.15, 0.2) is 58.5 Å². The van der Waals surface area contributed by atoms with Crippen molar-refractivity contribution in [1.82, 2.24) is 10.3 Å². The highest BCUT2D eigenvalue weighted by Gasteiger charge is 2.13. The molecule has 0 spiro atoms. The first kappa shape index (κ1) is 14.0. The Hall–Kier alpha value is -1.91. The Bertz CT molecular complexity index is 813. The van der Waals surface area contributed by atoms with Gasteiger partial charge in [-0.15, -0.1) is 0 Å². The van der Waals surface area contributed by atoms with Crippen LogP contribution in [0.4, 0.5) is 0 Å². The summed E-state index contributed by atoms with van der Waals surface area (Å²) in [5.41, 5.74) is 1.65. The molecule has 0 radical (unpaired) electrons. The van der Waals surface area contributed by atoms with Gasteiger partial charge in [0.1, 0.15) is 0 Å². The smallest absolute Gasteiger partial charge is 0.252 e. The van der Waals surface area contributed by atoms with Crippen LogP contribution in [0.1, 0.15) is 10.4 Å². The molecule has 0 aliphatic heterocycles. The number of hydrogen-bond acceptors (Lipinski definition) is 2. The highest BCUT2D eigenvalue weighted by atomic mass is 35.5. The zero-order valence-electron chi connectivity index (χ0n) is 11.3. The molecule has 5 heteroatoms. The summed E-state index contributed by atoms with van der Waals surface area (Å²) in [6, 6.07) is 13.3. The van der Waals surface area contributed by atoms with Crippen molar-refractivity contribution in [3.05, 3.63) is 59.2 Å². The summed E-state index contributed by atoms with van der Waals surface area (Å²) in [6.45, 7) is 0. The van der Waals surface area contributed by atoms with E-state index in [1.807, 2.05) is 48.7 Å². The van der Waals surface area contributed by atoms with Crippen LogP contribution in [-0.2, 0) is 0 Å². The molecule has 0 unspecified atom stereocenters. The Morgan fingerprint density at radius 3 is 2.76 bits per heavy atom. The molecule has 3 nitrogen and oxygen atoms in total. The van der Waals surface area contributed by atoms with Gasteiger partial charge in [0.2, 0.25) is 0 Å². The fourth-order valence-corrected chi connectivity index (χ4v) is 3.61. The van der Waals surface area contributed by atoms with E-state index in [0.29, 0.717) is 10.6 Å². The highest BCUT2D eigenvalue weighted by molar-refractivity contribution is 7.99. The average Bonchev–Trinajstić information content (AvgIpc) is 2.91. The van der Waals surface area contributed by atoms with Gasteiger partial charge in [0.05, 0.1) is 10.6 Å². The first-order chi connectivity index (χ1) is 10.2. The van der Waals surface area contributed by atoms with Crippen LogP contribution in [0, 0.1) is 0 Å². The van der Waals surface area contributed by atoms with Crippen molar-refractivity contribution in [2.24, 2.45) is 0 Å². The number of halogens is 1. The van der Waals surface area contributed by atoms with Crippen LogP contribution in [0.2, 0.25) is 5.02 Å². The minimum absolute atomic E-state index is 0.0935. The fourth-order valence-electron chi connectivity index (χ4n) is 2.19. The summed E-state index contributed by atoms with van der Waals surface area (Å²) in [6.07, 6.45) is 1.92. The molecule has 3 rings (SSSR count). The van der Waals surface area contributed by atoms with E-state index in [2.05, 4.69) is 10.3 Å². The van der Waals surface area contributed by atoms with Crippen molar-refractivity contribution in [1.29, 1.82) is 0 Å². The molecule has 0 bridgehead atoms. The molecule has 106 valence electrons. The van der Waals surface area contributed by atoms with Crippen molar-refractivity contribution >= 4 is 40.2 Å². The van der Waals surface area contributed by atoms with Crippen molar-refractivity contribution < 1.29 is 4.79 Å². The number of H-pyrrole nitrogens is 1. The summed E-state index contributed by atoms with van der Waals surface area (Å²) in [4.78, 5) is 17.0. The number of carbonyl (C=O) groups excluding carboxylic acids is 1. The van der Waals surface area contributed by atoms with Crippen LogP contribution in [0.25, 0.3) is 10.9 Å². The monoisotopic (exact) mass is 316 g/mol. The number of benzene rings is 2. The second-order valence-corrected chi connectivity index (χ2v) is 5.98. The van der Waals surface area contributed by atoms with Crippen molar-refractivity contribution in [3.8, 4) is 0 Å². The third-order valence-corrected chi connectivity index (χ3v) is 4.63. The van der Waals surface area contributed by atoms with Gasteiger partial charge in [-0.25, -0.2) is 0 Å². The molecule has 0 aliphatic carbocycles. The summed E-state index contributed by atoms with van der Waals surface area (Å²) in [7, 11) is 1.63. The first-order valence-corrected chi connectivity index (χ1v) is 7.64. The number of aromatic amines is 1. The zero-order valence-corrected chi connectivity index (χ0v) is 12.9. The summed E-state index contributed by atoms with van der Waals surface area (Å²) in [5, 5.41) is 4.35. The average molecular weight is 317 g/mol. The number of fused-ring (bicyclic) bond motifs is 1. The van der Waals surface area contributed by atoms with E-state index < -0.39 is 0 Å². The molecule has 1 amide bonds. The maximum Gasteiger partial charge on any atom is 0.252 e. The predicted molar refractivity (Wildman–Crippen MR) is 87.3 cm³/mol. The summed E-state index contributed by atoms with van der Waals surface area (Å²) >= 11 is 7.82. The Labute approximate surface area is 131 Å². The van der Waals surface area contributed by atoms with Gasteiger partial charge in [0.25, 0.3) is 5.91 Å². The lowest BCUT2D eigenvalue weighted by atomic mass is 10.2. The largest absolute Gasteiger partial charge is 0.360 e. The lowest BCUT2D eigenvalue weighted by Gasteiger charge is -2.07. The molecule has 0 atom stereocenters. The third kappa shape index (κ3) is 2.64. The van der Waals surface area contributed by atoms with Gasteiger partial charge in [0, 0.05) is 33.9 Å². The molecule has 0 saturated heterocycles. The van der Waals surface area contributed by atoms with E-state index in [-0.39, 0.29) is 5.91 Å². The van der Waals surface area contributed by atoms with Gasteiger partial charge < -0.3 is 10.3 Å². The zero-order chi connectivity index (χ0) is 14.8. The Morgan fingerprint density at radius 2 is 1.95 bits per heavy atom. The maximum atomic E-state index is 11.9. The summed E-state index contributed by atoms with van der Waals surface area (Å²) < 4.78 is 0. The van der Waals surface area contributed by atoms with E-state index in [1.165, 1.54) is 11.8 Å². The molecular formula is C16H13ClN2OS. The van der Waals surface area contributed by atoms with E-state index in [1.54, 1.807) is 7.05 Å². The quantitative estimate of drug-likeness (QED) is 0.755. The number of rotatable bonds is 3. The number of carbonyl (C=O) groups is 1. The molecule has 1 heterocycles. The van der Waals surface area contributed by atoms with Crippen LogP contribution in [-0.4, -0.2) is 17.9 Å². The lowest BCUT2D eigenvalue weighted by Crippen LogP contribution is -2.18. The lowest BCUT2D eigenvalue weighted by molar-refractivity contribution is 0.0960. The Balaban J connectivity index is 2.06. The molecule has 3 aromatic rings. The maximum absolute atomic E-state index is 11.9. The van der Waals surface area contributed by atoms with Gasteiger partial charge in [-0.1, -0.05) is 41.6 Å². The minimum atomic E-state index is -0.0935. The van der Waals surface area contributed by atoms with E-state index in [0.717, 1.165) is 20.7 Å². The topological polar surface area (TPSA) is 44.9 Å². The predicted octanol–water partition coefficient (Wildman–Crippen LogP) is 4.33. The number of aromatic nitrogens is 1. The number of nitrogens with one attached hydrogen (secondary N) is 2. The van der Waals surface area contributed by atoms with Crippen LogP contribution in [0.5, 0.6) is 0 Å². The van der Waals surface area contributed by atoms with Crippen LogP contribution < -0.4 is 5.32 Å². The SMILES string of the molecule is CNC(=O)c1ccccc1Sc1c[nH]c2cccc(Cl)c12. The normalized spacial score (nSPS) is 10.8. The van der Waals surface area contributed by atoms with E-state index in [4.69, 9.17) is 11.6 Å². The second-order valence-electron chi connectivity index (χ2n) is 4.49. The fraction of sp³-hybridized carbons (Fsp3) is 0.0625. The molecule has 0 saturated carbocycles. The van der Waals surface area contributed by atoms with Crippen LogP contribution in [0.3, 0.4) is 0 Å².